The molecule has 1 fully saturated rings. The highest BCUT2D eigenvalue weighted by molar-refractivity contribution is 5.34. The second-order valence-electron chi connectivity index (χ2n) is 3.52. The number of hydrogen-bond donors (Lipinski definition) is 1. The average molecular weight is 162 g/mol. The van der Waals surface area contributed by atoms with E-state index in [1.54, 1.807) is 0 Å². The molecule has 2 heteroatoms. The number of aryl methyl sites for hydroxylation is 1. The van der Waals surface area contributed by atoms with Gasteiger partial charge in [0.25, 0.3) is 0 Å². The first-order chi connectivity index (χ1) is 5.78. The zero-order valence-electron chi connectivity index (χ0n) is 7.59. The molecular weight excluding hydrogens is 148 g/mol. The summed E-state index contributed by atoms with van der Waals surface area (Å²) in [6.07, 6.45) is 6.33. The lowest BCUT2D eigenvalue weighted by Gasteiger charge is -2.16. The molecule has 1 N–H and O–H groups in total. The summed E-state index contributed by atoms with van der Waals surface area (Å²) in [6.45, 7) is 2.12. The van der Waals surface area contributed by atoms with E-state index in [1.165, 1.54) is 24.0 Å². The van der Waals surface area contributed by atoms with Gasteiger partial charge in [-0.2, -0.15) is 0 Å². The normalized spacial score (nSPS) is 19.2. The van der Waals surface area contributed by atoms with E-state index in [2.05, 4.69) is 23.3 Å². The summed E-state index contributed by atoms with van der Waals surface area (Å²) in [5, 5.41) is 3.38. The van der Waals surface area contributed by atoms with Crippen LogP contribution < -0.4 is 5.32 Å². The Morgan fingerprint density at radius 2 is 2.25 bits per heavy atom. The smallest absolute Gasteiger partial charge is 0.0437 e. The highest BCUT2D eigenvalue weighted by Gasteiger charge is 2.43. The molecule has 1 aromatic heterocycles. The van der Waals surface area contributed by atoms with Crippen LogP contribution in [0.3, 0.4) is 0 Å². The second-order valence-corrected chi connectivity index (χ2v) is 3.52. The van der Waals surface area contributed by atoms with Gasteiger partial charge in [0.1, 0.15) is 0 Å². The number of aromatic nitrogens is 1. The fraction of sp³-hybridized carbons (Fsp3) is 0.500. The summed E-state index contributed by atoms with van der Waals surface area (Å²) >= 11 is 0. The molecule has 0 unspecified atom stereocenters. The van der Waals surface area contributed by atoms with Gasteiger partial charge in [0.15, 0.2) is 0 Å². The number of nitrogens with one attached hydrogen (secondary N) is 1. The molecule has 2 nitrogen and oxygen atoms in total. The van der Waals surface area contributed by atoms with Crippen molar-refractivity contribution in [1.29, 1.82) is 0 Å². The van der Waals surface area contributed by atoms with Gasteiger partial charge in [0, 0.05) is 17.9 Å². The van der Waals surface area contributed by atoms with Gasteiger partial charge in [0.05, 0.1) is 0 Å². The van der Waals surface area contributed by atoms with Gasteiger partial charge >= 0.3 is 0 Å². The molecule has 1 aromatic rings. The summed E-state index contributed by atoms with van der Waals surface area (Å²) in [5.41, 5.74) is 3.00. The molecule has 0 aliphatic heterocycles. The monoisotopic (exact) mass is 162 g/mol. The maximum atomic E-state index is 4.09. The average Bonchev–Trinajstić information content (AvgIpc) is 2.86. The first-order valence-corrected chi connectivity index (χ1v) is 4.38. The SMILES string of the molecule is CNC1(c2ccncc2C)CC1. The summed E-state index contributed by atoms with van der Waals surface area (Å²) in [5.74, 6) is 0. The van der Waals surface area contributed by atoms with E-state index < -0.39 is 0 Å². The molecule has 0 saturated heterocycles. The Balaban J connectivity index is 2.40. The standard InChI is InChI=1S/C10H14N2/c1-8-7-12-6-3-9(8)10(11-2)4-5-10/h3,6-7,11H,4-5H2,1-2H3. The van der Waals surface area contributed by atoms with Crippen molar-refractivity contribution in [2.45, 2.75) is 25.3 Å². The van der Waals surface area contributed by atoms with Crippen molar-refractivity contribution in [3.8, 4) is 0 Å². The molecule has 64 valence electrons. The fourth-order valence-corrected chi connectivity index (χ4v) is 1.79. The first-order valence-electron chi connectivity index (χ1n) is 4.38. The van der Waals surface area contributed by atoms with Crippen LogP contribution in [0.25, 0.3) is 0 Å². The highest BCUT2D eigenvalue weighted by Crippen LogP contribution is 2.45. The van der Waals surface area contributed by atoms with Gasteiger partial charge in [-0.3, -0.25) is 4.98 Å². The van der Waals surface area contributed by atoms with Crippen LogP contribution >= 0.6 is 0 Å². The molecule has 0 radical (unpaired) electrons. The van der Waals surface area contributed by atoms with Crippen molar-refractivity contribution in [2.24, 2.45) is 0 Å². The predicted octanol–water partition coefficient (Wildman–Crippen LogP) is 1.60. The van der Waals surface area contributed by atoms with Crippen LogP contribution in [0, 0.1) is 6.92 Å². The Morgan fingerprint density at radius 3 is 2.75 bits per heavy atom. The molecule has 1 aliphatic carbocycles. The minimum Gasteiger partial charge on any atom is -0.310 e. The fourth-order valence-electron chi connectivity index (χ4n) is 1.79. The zero-order valence-corrected chi connectivity index (χ0v) is 7.59. The maximum Gasteiger partial charge on any atom is 0.0437 e. The lowest BCUT2D eigenvalue weighted by molar-refractivity contribution is 0.581. The minimum atomic E-state index is 0.285. The summed E-state index contributed by atoms with van der Waals surface area (Å²) in [6, 6.07) is 2.12. The highest BCUT2D eigenvalue weighted by atomic mass is 15.0. The largest absolute Gasteiger partial charge is 0.310 e. The van der Waals surface area contributed by atoms with Crippen LogP contribution in [0.5, 0.6) is 0 Å². The quantitative estimate of drug-likeness (QED) is 0.714. The van der Waals surface area contributed by atoms with E-state index in [1.807, 2.05) is 19.4 Å². The number of nitrogens with zero attached hydrogens (tertiary/aromatic N) is 1. The molecule has 12 heavy (non-hydrogen) atoms. The van der Waals surface area contributed by atoms with Crippen molar-refractivity contribution < 1.29 is 0 Å². The Hall–Kier alpha value is -0.890. The van der Waals surface area contributed by atoms with Crippen LogP contribution in [0.1, 0.15) is 24.0 Å². The van der Waals surface area contributed by atoms with Crippen molar-refractivity contribution in [2.75, 3.05) is 7.05 Å². The third kappa shape index (κ3) is 1.03. The molecule has 0 spiro atoms. The summed E-state index contributed by atoms with van der Waals surface area (Å²) < 4.78 is 0. The molecule has 0 bridgehead atoms. The third-order valence-electron chi connectivity index (χ3n) is 2.76. The predicted molar refractivity (Wildman–Crippen MR) is 48.9 cm³/mol. The molecule has 2 rings (SSSR count). The van der Waals surface area contributed by atoms with Crippen molar-refractivity contribution in [3.05, 3.63) is 29.6 Å². The van der Waals surface area contributed by atoms with E-state index in [0.29, 0.717) is 0 Å². The van der Waals surface area contributed by atoms with Crippen molar-refractivity contribution in [3.63, 3.8) is 0 Å². The van der Waals surface area contributed by atoms with Crippen LogP contribution in [0.2, 0.25) is 0 Å². The molecule has 1 heterocycles. The number of rotatable bonds is 2. The Bertz CT molecular complexity index is 290. The minimum absolute atomic E-state index is 0.285. The van der Waals surface area contributed by atoms with Gasteiger partial charge in [-0.1, -0.05) is 0 Å². The third-order valence-corrected chi connectivity index (χ3v) is 2.76. The number of pyridine rings is 1. The van der Waals surface area contributed by atoms with E-state index in [9.17, 15) is 0 Å². The van der Waals surface area contributed by atoms with Crippen LogP contribution in [0.4, 0.5) is 0 Å². The molecule has 1 saturated carbocycles. The lowest BCUT2D eigenvalue weighted by Crippen LogP contribution is -2.25. The van der Waals surface area contributed by atoms with Crippen LogP contribution in [-0.4, -0.2) is 12.0 Å². The summed E-state index contributed by atoms with van der Waals surface area (Å²) in [4.78, 5) is 4.09. The topological polar surface area (TPSA) is 24.9 Å². The molecule has 0 amide bonds. The molecule has 1 aliphatic rings. The van der Waals surface area contributed by atoms with Crippen LogP contribution in [0.15, 0.2) is 18.5 Å². The molecule has 0 aromatic carbocycles. The van der Waals surface area contributed by atoms with Crippen LogP contribution in [-0.2, 0) is 5.54 Å². The van der Waals surface area contributed by atoms with Gasteiger partial charge < -0.3 is 5.32 Å². The van der Waals surface area contributed by atoms with Gasteiger partial charge in [-0.05, 0) is 44.0 Å². The zero-order chi connectivity index (χ0) is 8.60. The van der Waals surface area contributed by atoms with E-state index in [4.69, 9.17) is 0 Å². The Morgan fingerprint density at radius 1 is 1.50 bits per heavy atom. The molecule has 0 atom stereocenters. The van der Waals surface area contributed by atoms with E-state index >= 15 is 0 Å². The first kappa shape index (κ1) is 7.74. The maximum absolute atomic E-state index is 4.09. The second kappa shape index (κ2) is 2.56. The number of hydrogen-bond acceptors (Lipinski definition) is 2. The molecular formula is C10H14N2. The van der Waals surface area contributed by atoms with E-state index in [0.717, 1.165) is 0 Å². The Labute approximate surface area is 73.0 Å². The van der Waals surface area contributed by atoms with Crippen molar-refractivity contribution >= 4 is 0 Å². The lowest BCUT2D eigenvalue weighted by atomic mass is 10.0. The van der Waals surface area contributed by atoms with Gasteiger partial charge in [0.2, 0.25) is 0 Å². The van der Waals surface area contributed by atoms with Gasteiger partial charge in [-0.25, -0.2) is 0 Å². The van der Waals surface area contributed by atoms with Crippen molar-refractivity contribution in [1.82, 2.24) is 10.3 Å². The Kier molecular flexibility index (Phi) is 1.65. The summed E-state index contributed by atoms with van der Waals surface area (Å²) in [7, 11) is 2.03. The van der Waals surface area contributed by atoms with Gasteiger partial charge in [-0.15, -0.1) is 0 Å². The van der Waals surface area contributed by atoms with E-state index in [-0.39, 0.29) is 5.54 Å².